The molecule has 2 amide bonds. The van der Waals surface area contributed by atoms with E-state index < -0.39 is 0 Å². The lowest BCUT2D eigenvalue weighted by atomic mass is 10.1. The van der Waals surface area contributed by atoms with E-state index in [4.69, 9.17) is 11.6 Å². The number of nitrogens with zero attached hydrogens (tertiary/aromatic N) is 4. The molecule has 34 heavy (non-hydrogen) atoms. The Morgan fingerprint density at radius 2 is 2.06 bits per heavy atom. The lowest BCUT2D eigenvalue weighted by Gasteiger charge is -2.38. The normalized spacial score (nSPS) is 19.8. The number of carbonyl (C=O) groups excluding carboxylic acids is 2. The van der Waals surface area contributed by atoms with Gasteiger partial charge in [-0.2, -0.15) is 16.4 Å². The van der Waals surface area contributed by atoms with Gasteiger partial charge in [-0.25, -0.2) is 4.52 Å². The molecule has 0 unspecified atom stereocenters. The van der Waals surface area contributed by atoms with Crippen LogP contribution in [-0.2, 0) is 4.79 Å². The van der Waals surface area contributed by atoms with Crippen molar-refractivity contribution in [1.29, 1.82) is 0 Å². The molecule has 1 aliphatic heterocycles. The maximum atomic E-state index is 13.4. The van der Waals surface area contributed by atoms with E-state index in [2.05, 4.69) is 16.5 Å². The van der Waals surface area contributed by atoms with Gasteiger partial charge in [0.05, 0.1) is 28.9 Å². The van der Waals surface area contributed by atoms with Crippen LogP contribution in [0.3, 0.4) is 0 Å². The fourth-order valence-electron chi connectivity index (χ4n) is 4.98. The molecule has 1 atom stereocenters. The van der Waals surface area contributed by atoms with Crippen LogP contribution in [0.4, 0.5) is 0 Å². The quantitative estimate of drug-likeness (QED) is 0.533. The van der Waals surface area contributed by atoms with E-state index in [0.717, 1.165) is 23.2 Å². The summed E-state index contributed by atoms with van der Waals surface area (Å²) in [4.78, 5) is 29.6. The molecule has 7 nitrogen and oxygen atoms in total. The highest BCUT2D eigenvalue weighted by Gasteiger charge is 2.36. The number of aromatic nitrogens is 2. The summed E-state index contributed by atoms with van der Waals surface area (Å²) in [5.74, 6) is 0.690. The number of carbonyl (C=O) groups is 2. The van der Waals surface area contributed by atoms with Crippen LogP contribution < -0.4 is 0 Å². The first kappa shape index (κ1) is 22.1. The lowest BCUT2D eigenvalue weighted by molar-refractivity contribution is -0.138. The summed E-state index contributed by atoms with van der Waals surface area (Å²) in [5.41, 5.74) is 4.11. The van der Waals surface area contributed by atoms with Crippen LogP contribution in [0.5, 0.6) is 0 Å². The number of hydrogen-bond acceptors (Lipinski definition) is 5. The summed E-state index contributed by atoms with van der Waals surface area (Å²) in [6.07, 6.45) is 5.51. The Balaban J connectivity index is 1.28. The first-order valence-electron chi connectivity index (χ1n) is 12.0. The molecule has 1 saturated heterocycles. The molecule has 6 rings (SSSR count). The molecule has 3 aromatic heterocycles. The topological polar surface area (TPSA) is 78.2 Å². The Hall–Kier alpha value is -2.42. The number of aliphatic hydroxyl groups is 1. The molecule has 1 N–H and O–H groups in total. The van der Waals surface area contributed by atoms with Gasteiger partial charge in [-0.3, -0.25) is 9.59 Å². The fraction of sp³-hybridized carbons (Fsp3) is 0.480. The van der Waals surface area contributed by atoms with E-state index in [-0.39, 0.29) is 36.7 Å². The standard InChI is InChI=1S/C25H27ClN4O3S/c26-23-21-11-18(16-3-4-16)10-20(17-5-8-34-14-17)30(21)27-24(23)25(33)28-6-7-29(22(32)12-28)19(13-31)9-15-1-2-15/h5,8,10-11,14-16,19,31H,1-4,6-7,9,12-13H2/t19-/m0/s1. The molecule has 3 fully saturated rings. The maximum absolute atomic E-state index is 13.4. The summed E-state index contributed by atoms with van der Waals surface area (Å²) in [6.45, 7) is 0.762. The summed E-state index contributed by atoms with van der Waals surface area (Å²) < 4.78 is 1.76. The average molecular weight is 499 g/mol. The molecule has 0 radical (unpaired) electrons. The summed E-state index contributed by atoms with van der Waals surface area (Å²) in [6, 6.07) is 6.09. The predicted octanol–water partition coefficient (Wildman–Crippen LogP) is 4.04. The second kappa shape index (κ2) is 8.66. The minimum atomic E-state index is -0.325. The predicted molar refractivity (Wildman–Crippen MR) is 131 cm³/mol. The van der Waals surface area contributed by atoms with Gasteiger partial charge < -0.3 is 14.9 Å². The third-order valence-corrected chi connectivity index (χ3v) is 8.32. The fourth-order valence-corrected chi connectivity index (χ4v) is 5.88. The molecule has 2 aliphatic carbocycles. The highest BCUT2D eigenvalue weighted by atomic mass is 35.5. The molecule has 0 bridgehead atoms. The Morgan fingerprint density at radius 1 is 1.24 bits per heavy atom. The van der Waals surface area contributed by atoms with E-state index in [1.807, 2.05) is 17.5 Å². The van der Waals surface area contributed by atoms with Crippen molar-refractivity contribution in [2.24, 2.45) is 5.92 Å². The van der Waals surface area contributed by atoms with Crippen LogP contribution in [-0.4, -0.2) is 68.6 Å². The number of thiophene rings is 1. The van der Waals surface area contributed by atoms with Crippen molar-refractivity contribution in [3.8, 4) is 11.3 Å². The first-order chi connectivity index (χ1) is 16.5. The number of pyridine rings is 1. The van der Waals surface area contributed by atoms with Gasteiger partial charge in [0.2, 0.25) is 5.91 Å². The largest absolute Gasteiger partial charge is 0.394 e. The van der Waals surface area contributed by atoms with Gasteiger partial charge in [-0.15, -0.1) is 0 Å². The Kier molecular flexibility index (Phi) is 5.62. The molecule has 0 aromatic carbocycles. The zero-order valence-electron chi connectivity index (χ0n) is 18.8. The van der Waals surface area contributed by atoms with E-state index in [1.165, 1.54) is 36.1 Å². The Morgan fingerprint density at radius 3 is 2.71 bits per heavy atom. The van der Waals surface area contributed by atoms with Crippen molar-refractivity contribution in [3.05, 3.63) is 45.2 Å². The van der Waals surface area contributed by atoms with Gasteiger partial charge >= 0.3 is 0 Å². The second-order valence-corrected chi connectivity index (χ2v) is 10.9. The van der Waals surface area contributed by atoms with Crippen molar-refractivity contribution in [2.45, 2.75) is 44.1 Å². The lowest BCUT2D eigenvalue weighted by Crippen LogP contribution is -2.56. The number of aliphatic hydroxyl groups excluding tert-OH is 1. The smallest absolute Gasteiger partial charge is 0.276 e. The number of piperazine rings is 1. The molecule has 3 aliphatic rings. The average Bonchev–Trinajstić information content (AvgIpc) is 3.77. The van der Waals surface area contributed by atoms with Gasteiger partial charge in [-0.05, 0) is 60.2 Å². The van der Waals surface area contributed by atoms with Crippen LogP contribution in [0.25, 0.3) is 16.8 Å². The number of halogens is 1. The second-order valence-electron chi connectivity index (χ2n) is 9.75. The zero-order chi connectivity index (χ0) is 23.4. The van der Waals surface area contributed by atoms with Crippen LogP contribution >= 0.6 is 22.9 Å². The minimum absolute atomic E-state index is 0.0189. The van der Waals surface area contributed by atoms with Crippen LogP contribution in [0, 0.1) is 5.92 Å². The van der Waals surface area contributed by atoms with E-state index in [0.29, 0.717) is 29.9 Å². The van der Waals surface area contributed by atoms with Crippen molar-refractivity contribution in [3.63, 3.8) is 0 Å². The monoisotopic (exact) mass is 498 g/mol. The van der Waals surface area contributed by atoms with Gasteiger partial charge in [-0.1, -0.05) is 24.4 Å². The number of hydrogen-bond donors (Lipinski definition) is 1. The van der Waals surface area contributed by atoms with Crippen molar-refractivity contribution in [1.82, 2.24) is 19.4 Å². The molecule has 9 heteroatoms. The molecular weight excluding hydrogens is 472 g/mol. The zero-order valence-corrected chi connectivity index (χ0v) is 20.4. The van der Waals surface area contributed by atoms with Crippen molar-refractivity contribution in [2.75, 3.05) is 26.2 Å². The third kappa shape index (κ3) is 4.01. The van der Waals surface area contributed by atoms with Crippen LogP contribution in [0.2, 0.25) is 5.02 Å². The van der Waals surface area contributed by atoms with E-state index >= 15 is 0 Å². The molecule has 178 valence electrons. The molecular formula is C25H27ClN4O3S. The summed E-state index contributed by atoms with van der Waals surface area (Å²) in [7, 11) is 0. The molecule has 0 spiro atoms. The van der Waals surface area contributed by atoms with E-state index in [9.17, 15) is 14.7 Å². The Labute approximate surface area is 206 Å². The van der Waals surface area contributed by atoms with Gasteiger partial charge in [0, 0.05) is 24.0 Å². The van der Waals surface area contributed by atoms with Crippen molar-refractivity contribution >= 4 is 40.3 Å². The Bertz CT molecular complexity index is 1250. The molecule has 4 heterocycles. The third-order valence-electron chi connectivity index (χ3n) is 7.26. The van der Waals surface area contributed by atoms with Crippen LogP contribution in [0.15, 0.2) is 29.0 Å². The van der Waals surface area contributed by atoms with Gasteiger partial charge in [0.15, 0.2) is 5.69 Å². The number of fused-ring (bicyclic) bond motifs is 1. The maximum Gasteiger partial charge on any atom is 0.276 e. The highest BCUT2D eigenvalue weighted by Crippen LogP contribution is 2.43. The summed E-state index contributed by atoms with van der Waals surface area (Å²) >= 11 is 8.36. The van der Waals surface area contributed by atoms with Crippen LogP contribution in [0.1, 0.15) is 54.1 Å². The number of amides is 2. The van der Waals surface area contributed by atoms with Gasteiger partial charge in [0.1, 0.15) is 6.54 Å². The van der Waals surface area contributed by atoms with Gasteiger partial charge in [0.25, 0.3) is 5.91 Å². The minimum Gasteiger partial charge on any atom is -0.394 e. The highest BCUT2D eigenvalue weighted by molar-refractivity contribution is 7.08. The number of rotatable bonds is 7. The summed E-state index contributed by atoms with van der Waals surface area (Å²) in [5, 5.41) is 18.9. The first-order valence-corrected chi connectivity index (χ1v) is 13.3. The van der Waals surface area contributed by atoms with E-state index in [1.54, 1.807) is 20.8 Å². The van der Waals surface area contributed by atoms with Crippen molar-refractivity contribution < 1.29 is 14.7 Å². The molecule has 2 saturated carbocycles. The SMILES string of the molecule is O=C(c1nn2c(-c3ccsc3)cc(C3CC3)cc2c1Cl)N1CCN([C@H](CO)CC2CC2)C(=O)C1. The molecule has 3 aromatic rings.